The van der Waals surface area contributed by atoms with Crippen molar-refractivity contribution in [2.75, 3.05) is 6.61 Å². The SMILES string of the molecule is CCC(NC1CCC(C)(C)CC1)c1ccc2c(c1)CCO2. The third kappa shape index (κ3) is 3.42. The van der Waals surface area contributed by atoms with E-state index in [0.717, 1.165) is 25.2 Å². The van der Waals surface area contributed by atoms with Gasteiger partial charge in [-0.05, 0) is 54.7 Å². The second kappa shape index (κ2) is 6.00. The molecule has 0 aromatic heterocycles. The number of benzene rings is 1. The summed E-state index contributed by atoms with van der Waals surface area (Å²) >= 11 is 0. The summed E-state index contributed by atoms with van der Waals surface area (Å²) in [4.78, 5) is 0. The Hall–Kier alpha value is -1.02. The molecule has 0 bridgehead atoms. The molecule has 2 heteroatoms. The third-order valence-corrected chi connectivity index (χ3v) is 5.30. The van der Waals surface area contributed by atoms with Gasteiger partial charge in [-0.15, -0.1) is 0 Å². The van der Waals surface area contributed by atoms with Crippen molar-refractivity contribution in [3.63, 3.8) is 0 Å². The fourth-order valence-electron chi connectivity index (χ4n) is 3.72. The molecule has 1 aliphatic carbocycles. The normalized spacial score (nSPS) is 22.6. The highest BCUT2D eigenvalue weighted by molar-refractivity contribution is 5.40. The van der Waals surface area contributed by atoms with E-state index in [-0.39, 0.29) is 0 Å². The third-order valence-electron chi connectivity index (χ3n) is 5.30. The lowest BCUT2D eigenvalue weighted by molar-refractivity contribution is 0.197. The molecule has 1 unspecified atom stereocenters. The first-order valence-electron chi connectivity index (χ1n) is 8.59. The molecule has 1 aromatic rings. The van der Waals surface area contributed by atoms with E-state index < -0.39 is 0 Å². The largest absolute Gasteiger partial charge is 0.493 e. The second-order valence-corrected chi connectivity index (χ2v) is 7.53. The quantitative estimate of drug-likeness (QED) is 0.871. The highest BCUT2D eigenvalue weighted by Crippen LogP contribution is 2.36. The molecule has 0 amide bonds. The van der Waals surface area contributed by atoms with Gasteiger partial charge in [0.25, 0.3) is 0 Å². The zero-order valence-electron chi connectivity index (χ0n) is 13.7. The van der Waals surface area contributed by atoms with Crippen LogP contribution in [0, 0.1) is 5.41 Å². The molecule has 2 nitrogen and oxygen atoms in total. The predicted octanol–water partition coefficient (Wildman–Crippen LogP) is 4.63. The van der Waals surface area contributed by atoms with Crippen molar-refractivity contribution >= 4 is 0 Å². The van der Waals surface area contributed by atoms with E-state index in [1.807, 2.05) is 0 Å². The summed E-state index contributed by atoms with van der Waals surface area (Å²) < 4.78 is 5.62. The van der Waals surface area contributed by atoms with E-state index in [1.165, 1.54) is 36.8 Å². The van der Waals surface area contributed by atoms with Gasteiger partial charge in [0.15, 0.2) is 0 Å². The molecule has 1 atom stereocenters. The molecule has 2 aliphatic rings. The van der Waals surface area contributed by atoms with Crippen molar-refractivity contribution in [3.8, 4) is 5.75 Å². The van der Waals surface area contributed by atoms with Crippen LogP contribution in [0.4, 0.5) is 0 Å². The van der Waals surface area contributed by atoms with Gasteiger partial charge in [0.2, 0.25) is 0 Å². The smallest absolute Gasteiger partial charge is 0.122 e. The minimum Gasteiger partial charge on any atom is -0.493 e. The maximum Gasteiger partial charge on any atom is 0.122 e. The van der Waals surface area contributed by atoms with Crippen molar-refractivity contribution in [2.45, 2.75) is 71.4 Å². The average molecular weight is 287 g/mol. The van der Waals surface area contributed by atoms with Crippen LogP contribution in [-0.4, -0.2) is 12.6 Å². The van der Waals surface area contributed by atoms with E-state index in [0.29, 0.717) is 17.5 Å². The van der Waals surface area contributed by atoms with Crippen molar-refractivity contribution in [1.82, 2.24) is 5.32 Å². The van der Waals surface area contributed by atoms with Crippen LogP contribution >= 0.6 is 0 Å². The van der Waals surface area contributed by atoms with Gasteiger partial charge in [0.1, 0.15) is 5.75 Å². The predicted molar refractivity (Wildman–Crippen MR) is 87.8 cm³/mol. The molecule has 0 saturated heterocycles. The Labute approximate surface area is 129 Å². The number of nitrogens with one attached hydrogen (secondary N) is 1. The summed E-state index contributed by atoms with van der Waals surface area (Å²) in [5, 5.41) is 3.91. The number of hydrogen-bond donors (Lipinski definition) is 1. The molecule has 1 aliphatic heterocycles. The Morgan fingerprint density at radius 1 is 1.29 bits per heavy atom. The molecule has 1 saturated carbocycles. The van der Waals surface area contributed by atoms with Gasteiger partial charge in [-0.3, -0.25) is 0 Å². The zero-order chi connectivity index (χ0) is 14.9. The van der Waals surface area contributed by atoms with E-state index >= 15 is 0 Å². The Balaban J connectivity index is 1.65. The van der Waals surface area contributed by atoms with Crippen LogP contribution in [0.25, 0.3) is 0 Å². The highest BCUT2D eigenvalue weighted by Gasteiger charge is 2.28. The Morgan fingerprint density at radius 2 is 2.05 bits per heavy atom. The summed E-state index contributed by atoms with van der Waals surface area (Å²) in [5.41, 5.74) is 3.37. The molecule has 0 radical (unpaired) electrons. The second-order valence-electron chi connectivity index (χ2n) is 7.53. The van der Waals surface area contributed by atoms with Gasteiger partial charge in [-0.1, -0.05) is 32.9 Å². The van der Waals surface area contributed by atoms with Crippen LogP contribution in [0.15, 0.2) is 18.2 Å². The maximum atomic E-state index is 5.62. The molecule has 0 spiro atoms. The van der Waals surface area contributed by atoms with Crippen molar-refractivity contribution in [2.24, 2.45) is 5.41 Å². The average Bonchev–Trinajstić information content (AvgIpc) is 2.93. The molecule has 116 valence electrons. The van der Waals surface area contributed by atoms with Gasteiger partial charge < -0.3 is 10.1 Å². The van der Waals surface area contributed by atoms with Crippen molar-refractivity contribution < 1.29 is 4.74 Å². The Kier molecular flexibility index (Phi) is 4.26. The van der Waals surface area contributed by atoms with Gasteiger partial charge in [-0.25, -0.2) is 0 Å². The monoisotopic (exact) mass is 287 g/mol. The van der Waals surface area contributed by atoms with Gasteiger partial charge >= 0.3 is 0 Å². The molecule has 3 rings (SSSR count). The number of rotatable bonds is 4. The van der Waals surface area contributed by atoms with Crippen LogP contribution in [0.2, 0.25) is 0 Å². The fraction of sp³-hybridized carbons (Fsp3) is 0.684. The number of ether oxygens (including phenoxy) is 1. The molecular weight excluding hydrogens is 258 g/mol. The first kappa shape index (κ1) is 14.9. The maximum absolute atomic E-state index is 5.62. The first-order chi connectivity index (χ1) is 10.1. The minimum absolute atomic E-state index is 0.488. The zero-order valence-corrected chi connectivity index (χ0v) is 13.7. The van der Waals surface area contributed by atoms with Crippen LogP contribution in [-0.2, 0) is 6.42 Å². The fourth-order valence-corrected chi connectivity index (χ4v) is 3.72. The van der Waals surface area contributed by atoms with E-state index in [1.54, 1.807) is 0 Å². The molecule has 1 heterocycles. The molecule has 21 heavy (non-hydrogen) atoms. The van der Waals surface area contributed by atoms with Crippen LogP contribution in [0.1, 0.15) is 70.0 Å². The van der Waals surface area contributed by atoms with Gasteiger partial charge in [0.05, 0.1) is 6.61 Å². The Bertz CT molecular complexity index is 484. The molecule has 1 N–H and O–H groups in total. The number of fused-ring (bicyclic) bond motifs is 1. The van der Waals surface area contributed by atoms with E-state index in [2.05, 4.69) is 44.3 Å². The van der Waals surface area contributed by atoms with Crippen LogP contribution < -0.4 is 10.1 Å². The van der Waals surface area contributed by atoms with Crippen LogP contribution in [0.5, 0.6) is 5.75 Å². The highest BCUT2D eigenvalue weighted by atomic mass is 16.5. The lowest BCUT2D eigenvalue weighted by atomic mass is 9.75. The topological polar surface area (TPSA) is 21.3 Å². The summed E-state index contributed by atoms with van der Waals surface area (Å²) in [6.45, 7) is 7.94. The molecule has 1 fully saturated rings. The lowest BCUT2D eigenvalue weighted by Crippen LogP contribution is -2.37. The van der Waals surface area contributed by atoms with Gasteiger partial charge in [0, 0.05) is 18.5 Å². The first-order valence-corrected chi connectivity index (χ1v) is 8.59. The summed E-state index contributed by atoms with van der Waals surface area (Å²) in [6, 6.07) is 7.94. The summed E-state index contributed by atoms with van der Waals surface area (Å²) in [7, 11) is 0. The van der Waals surface area contributed by atoms with E-state index in [4.69, 9.17) is 4.74 Å². The molecular formula is C19H29NO. The van der Waals surface area contributed by atoms with Gasteiger partial charge in [-0.2, -0.15) is 0 Å². The standard InChI is InChI=1S/C19H29NO/c1-4-17(20-16-7-10-19(2,3)11-8-16)14-5-6-18-15(13-14)9-12-21-18/h5-6,13,16-17,20H,4,7-12H2,1-3H3. The van der Waals surface area contributed by atoms with E-state index in [9.17, 15) is 0 Å². The molecule has 1 aromatic carbocycles. The lowest BCUT2D eigenvalue weighted by Gasteiger charge is -2.36. The number of hydrogen-bond acceptors (Lipinski definition) is 2. The summed E-state index contributed by atoms with van der Waals surface area (Å²) in [5.74, 6) is 1.09. The van der Waals surface area contributed by atoms with Crippen molar-refractivity contribution in [1.29, 1.82) is 0 Å². The summed E-state index contributed by atoms with van der Waals surface area (Å²) in [6.07, 6.45) is 7.55. The minimum atomic E-state index is 0.488. The van der Waals surface area contributed by atoms with Crippen molar-refractivity contribution in [3.05, 3.63) is 29.3 Å². The van der Waals surface area contributed by atoms with Crippen LogP contribution in [0.3, 0.4) is 0 Å². The Morgan fingerprint density at radius 3 is 2.76 bits per heavy atom.